The molecule has 0 aliphatic heterocycles. The minimum absolute atomic E-state index is 1.07. The highest BCUT2D eigenvalue weighted by Gasteiger charge is 2.21. The molecule has 0 bridgehead atoms. The Bertz CT molecular complexity index is 3270. The van der Waals surface area contributed by atoms with E-state index in [0.717, 1.165) is 45.3 Å². The van der Waals surface area contributed by atoms with E-state index in [0.29, 0.717) is 0 Å². The quantitative estimate of drug-likeness (QED) is 0.136. The van der Waals surface area contributed by atoms with E-state index in [1.165, 1.54) is 53.6 Å². The topological polar surface area (TPSA) is 6.48 Å². The largest absolute Gasteiger partial charge is 0.310 e. The van der Waals surface area contributed by atoms with Crippen LogP contribution in [-0.2, 0) is 0 Å². The third-order valence-electron chi connectivity index (χ3n) is 11.8. The molecule has 0 atom stereocenters. The van der Waals surface area contributed by atoms with Gasteiger partial charge in [-0.1, -0.05) is 182 Å². The summed E-state index contributed by atoms with van der Waals surface area (Å²) >= 11 is 1.85. The standard InChI is InChI=1S/C60H42N2S/c1-4-18-43(19-5-1)46-24-14-28-50(38-46)61(51-29-15-25-47(39-51)44-20-6-2-7-21-44)52-30-17-27-49(41-52)55-32-10-12-34-58(55)62(53-31-16-26-48(40-53)45-22-8-3-9-23-45)54-36-37-57-56-33-11-13-35-59(56)63-60(57)42-54/h1-42H. The molecule has 0 aliphatic rings. The van der Waals surface area contributed by atoms with Crippen molar-refractivity contribution in [3.05, 3.63) is 255 Å². The zero-order chi connectivity index (χ0) is 42.0. The Hall–Kier alpha value is -7.98. The van der Waals surface area contributed by atoms with E-state index < -0.39 is 0 Å². The van der Waals surface area contributed by atoms with Crippen LogP contribution in [0, 0.1) is 0 Å². The van der Waals surface area contributed by atoms with Gasteiger partial charge < -0.3 is 9.80 Å². The summed E-state index contributed by atoms with van der Waals surface area (Å²) in [5.41, 5.74) is 15.9. The average Bonchev–Trinajstić information content (AvgIpc) is 3.74. The third kappa shape index (κ3) is 7.56. The van der Waals surface area contributed by atoms with Crippen LogP contribution in [0.5, 0.6) is 0 Å². The lowest BCUT2D eigenvalue weighted by atomic mass is 9.99. The maximum Gasteiger partial charge on any atom is 0.0540 e. The van der Waals surface area contributed by atoms with Crippen molar-refractivity contribution in [3.63, 3.8) is 0 Å². The van der Waals surface area contributed by atoms with Crippen molar-refractivity contribution in [3.8, 4) is 44.5 Å². The van der Waals surface area contributed by atoms with Crippen LogP contribution in [0.1, 0.15) is 0 Å². The number of nitrogens with zero attached hydrogens (tertiary/aromatic N) is 2. The Balaban J connectivity index is 1.08. The molecule has 11 rings (SSSR count). The summed E-state index contributed by atoms with van der Waals surface area (Å²) in [5, 5.41) is 2.58. The van der Waals surface area contributed by atoms with E-state index in [2.05, 4.69) is 265 Å². The van der Waals surface area contributed by atoms with Crippen LogP contribution < -0.4 is 9.80 Å². The van der Waals surface area contributed by atoms with Gasteiger partial charge in [0.2, 0.25) is 0 Å². The molecule has 1 heterocycles. The summed E-state index contributed by atoms with van der Waals surface area (Å²) in [6.45, 7) is 0. The summed E-state index contributed by atoms with van der Waals surface area (Å²) in [7, 11) is 0. The second-order valence-electron chi connectivity index (χ2n) is 15.8. The van der Waals surface area contributed by atoms with Crippen molar-refractivity contribution in [2.75, 3.05) is 9.80 Å². The molecule has 0 N–H and O–H groups in total. The summed E-state index contributed by atoms with van der Waals surface area (Å²) in [4.78, 5) is 4.82. The third-order valence-corrected chi connectivity index (χ3v) is 12.9. The molecule has 298 valence electrons. The SMILES string of the molecule is c1ccc(-c2cccc(N(c3cccc(-c4ccccc4)c3)c3cccc(-c4ccccc4N(c4cccc(-c5ccccc5)c4)c4ccc5c(c4)sc4ccccc45)c3)c2)cc1. The van der Waals surface area contributed by atoms with Gasteiger partial charge in [0, 0.05) is 54.2 Å². The smallest absolute Gasteiger partial charge is 0.0540 e. The first-order valence-corrected chi connectivity index (χ1v) is 22.2. The molecule has 0 aliphatic carbocycles. The molecule has 0 spiro atoms. The Kier molecular flexibility index (Phi) is 10.1. The van der Waals surface area contributed by atoms with Crippen molar-refractivity contribution in [2.45, 2.75) is 0 Å². The highest BCUT2D eigenvalue weighted by atomic mass is 32.1. The van der Waals surface area contributed by atoms with Crippen LogP contribution in [0.3, 0.4) is 0 Å². The minimum atomic E-state index is 1.07. The van der Waals surface area contributed by atoms with Crippen LogP contribution in [0.2, 0.25) is 0 Å². The molecular formula is C60H42N2S. The van der Waals surface area contributed by atoms with Crippen molar-refractivity contribution >= 4 is 65.6 Å². The maximum absolute atomic E-state index is 2.43. The molecule has 11 aromatic rings. The first-order chi connectivity index (χ1) is 31.2. The molecule has 0 amide bonds. The first kappa shape index (κ1) is 38.0. The Morgan fingerprint density at radius 3 is 1.19 bits per heavy atom. The van der Waals surface area contributed by atoms with Crippen LogP contribution in [0.15, 0.2) is 255 Å². The van der Waals surface area contributed by atoms with Gasteiger partial charge in [0.1, 0.15) is 0 Å². The number of thiophene rings is 1. The molecule has 1 aromatic heterocycles. The predicted octanol–water partition coefficient (Wildman–Crippen LogP) is 17.7. The Morgan fingerprint density at radius 2 is 0.635 bits per heavy atom. The molecule has 3 heteroatoms. The van der Waals surface area contributed by atoms with E-state index in [-0.39, 0.29) is 0 Å². The summed E-state index contributed by atoms with van der Waals surface area (Å²) < 4.78 is 2.57. The normalized spacial score (nSPS) is 11.2. The van der Waals surface area contributed by atoms with E-state index in [9.17, 15) is 0 Å². The van der Waals surface area contributed by atoms with Gasteiger partial charge in [0.25, 0.3) is 0 Å². The zero-order valence-corrected chi connectivity index (χ0v) is 35.4. The molecule has 2 nitrogen and oxygen atoms in total. The van der Waals surface area contributed by atoms with Gasteiger partial charge in [-0.15, -0.1) is 11.3 Å². The Morgan fingerprint density at radius 1 is 0.238 bits per heavy atom. The molecule has 0 saturated carbocycles. The second kappa shape index (κ2) is 16.8. The predicted molar refractivity (Wildman–Crippen MR) is 270 cm³/mol. The van der Waals surface area contributed by atoms with Gasteiger partial charge in [0.15, 0.2) is 0 Å². The number of para-hydroxylation sites is 1. The van der Waals surface area contributed by atoms with E-state index in [1.54, 1.807) is 0 Å². The monoisotopic (exact) mass is 822 g/mol. The first-order valence-electron chi connectivity index (χ1n) is 21.4. The lowest BCUT2D eigenvalue weighted by Gasteiger charge is -2.29. The fourth-order valence-corrected chi connectivity index (χ4v) is 9.96. The number of rotatable bonds is 10. The van der Waals surface area contributed by atoms with Crippen molar-refractivity contribution < 1.29 is 0 Å². The molecule has 0 unspecified atom stereocenters. The molecule has 0 radical (unpaired) electrons. The highest BCUT2D eigenvalue weighted by molar-refractivity contribution is 7.25. The number of anilines is 6. The fraction of sp³-hybridized carbons (Fsp3) is 0. The number of hydrogen-bond donors (Lipinski definition) is 0. The fourth-order valence-electron chi connectivity index (χ4n) is 8.82. The van der Waals surface area contributed by atoms with Crippen LogP contribution in [0.25, 0.3) is 64.7 Å². The zero-order valence-electron chi connectivity index (χ0n) is 34.6. The Labute approximate surface area is 372 Å². The van der Waals surface area contributed by atoms with E-state index >= 15 is 0 Å². The lowest BCUT2D eigenvalue weighted by molar-refractivity contribution is 1.28. The molecule has 10 aromatic carbocycles. The van der Waals surface area contributed by atoms with E-state index in [1.807, 2.05) is 11.3 Å². The number of fused-ring (bicyclic) bond motifs is 3. The van der Waals surface area contributed by atoms with Crippen molar-refractivity contribution in [1.82, 2.24) is 0 Å². The van der Waals surface area contributed by atoms with Gasteiger partial charge in [-0.05, 0) is 112 Å². The molecule has 0 fully saturated rings. The van der Waals surface area contributed by atoms with Gasteiger partial charge >= 0.3 is 0 Å². The summed E-state index contributed by atoms with van der Waals surface area (Å²) in [6, 6.07) is 92.1. The van der Waals surface area contributed by atoms with Gasteiger partial charge in [-0.25, -0.2) is 0 Å². The number of hydrogen-bond acceptors (Lipinski definition) is 3. The van der Waals surface area contributed by atoms with Gasteiger partial charge in [0.05, 0.1) is 5.69 Å². The maximum atomic E-state index is 2.43. The summed E-state index contributed by atoms with van der Waals surface area (Å²) in [5.74, 6) is 0. The van der Waals surface area contributed by atoms with Crippen LogP contribution >= 0.6 is 11.3 Å². The van der Waals surface area contributed by atoms with Crippen LogP contribution in [0.4, 0.5) is 34.1 Å². The summed E-state index contributed by atoms with van der Waals surface area (Å²) in [6.07, 6.45) is 0. The minimum Gasteiger partial charge on any atom is -0.310 e. The van der Waals surface area contributed by atoms with E-state index in [4.69, 9.17) is 0 Å². The number of benzene rings is 10. The lowest BCUT2D eigenvalue weighted by Crippen LogP contribution is -2.12. The molecule has 0 saturated heterocycles. The molecular weight excluding hydrogens is 781 g/mol. The van der Waals surface area contributed by atoms with Gasteiger partial charge in [-0.3, -0.25) is 0 Å². The van der Waals surface area contributed by atoms with Gasteiger partial charge in [-0.2, -0.15) is 0 Å². The molecule has 63 heavy (non-hydrogen) atoms. The second-order valence-corrected chi connectivity index (χ2v) is 16.8. The average molecular weight is 823 g/mol. The van der Waals surface area contributed by atoms with Crippen LogP contribution in [-0.4, -0.2) is 0 Å². The van der Waals surface area contributed by atoms with Crippen molar-refractivity contribution in [1.29, 1.82) is 0 Å². The highest BCUT2D eigenvalue weighted by Crippen LogP contribution is 2.46. The van der Waals surface area contributed by atoms with Crippen molar-refractivity contribution in [2.24, 2.45) is 0 Å².